The van der Waals surface area contributed by atoms with Gasteiger partial charge in [-0.1, -0.05) is 0 Å². The summed E-state index contributed by atoms with van der Waals surface area (Å²) in [5.41, 5.74) is 0. The Morgan fingerprint density at radius 2 is 1.38 bits per heavy atom. The molecule has 0 aromatic rings. The number of hydrogen-bond acceptors (Lipinski definition) is 3. The molecule has 0 saturated carbocycles. The summed E-state index contributed by atoms with van der Waals surface area (Å²) < 4.78 is 85.8. The van der Waals surface area contributed by atoms with Crippen molar-refractivity contribution in [3.05, 3.63) is 0 Å². The van der Waals surface area contributed by atoms with E-state index >= 15 is 0 Å². The van der Waals surface area contributed by atoms with E-state index in [1.807, 2.05) is 0 Å². The zero-order chi connectivity index (χ0) is 10.2. The fraction of sp³-hybridized carbons (Fsp3) is 1.00. The normalized spacial score (nSPS) is 13.7. The predicted molar refractivity (Wildman–Crippen MR) is 25.6 cm³/mol. The molecule has 0 unspecified atom stereocenters. The first kappa shape index (κ1) is 15.6. The van der Waals surface area contributed by atoms with Crippen molar-refractivity contribution in [2.75, 3.05) is 5.75 Å². The van der Waals surface area contributed by atoms with Crippen molar-refractivity contribution in [2.45, 2.75) is 12.1 Å². The third kappa shape index (κ3) is 5.46. The van der Waals surface area contributed by atoms with Crippen molar-refractivity contribution in [1.82, 2.24) is 0 Å². The van der Waals surface area contributed by atoms with Crippen LogP contribution in [0, 0.1) is 0 Å². The van der Waals surface area contributed by atoms with E-state index in [0.717, 1.165) is 0 Å². The monoisotopic (exact) mass is 220 g/mol. The van der Waals surface area contributed by atoms with Crippen LogP contribution in [0.5, 0.6) is 0 Å². The molecule has 0 fully saturated rings. The molecule has 0 N–H and O–H groups in total. The standard InChI is InChI=1S/C3H3F5O3S.Li/c4-2(5,3(6,7)8)1-12(9,10)11;/h1H2,(H,9,10,11);/q;+1/p-1. The second-order valence-electron chi connectivity index (χ2n) is 1.90. The van der Waals surface area contributed by atoms with Gasteiger partial charge in [0.05, 0.1) is 0 Å². The summed E-state index contributed by atoms with van der Waals surface area (Å²) in [6.07, 6.45) is -6.01. The fourth-order valence-electron chi connectivity index (χ4n) is 0.304. The second kappa shape index (κ2) is 4.12. The zero-order valence-corrected chi connectivity index (χ0v) is 7.05. The Labute approximate surface area is 82.2 Å². The molecular formula is C3H2F5LiO3S. The first-order chi connectivity index (χ1) is 4.96. The van der Waals surface area contributed by atoms with Crippen LogP contribution < -0.4 is 18.9 Å². The van der Waals surface area contributed by atoms with Crippen LogP contribution in [-0.4, -0.2) is 30.8 Å². The Bertz CT molecular complexity index is 257. The van der Waals surface area contributed by atoms with Crippen LogP contribution in [0.2, 0.25) is 0 Å². The van der Waals surface area contributed by atoms with E-state index in [4.69, 9.17) is 0 Å². The van der Waals surface area contributed by atoms with E-state index in [2.05, 4.69) is 0 Å². The summed E-state index contributed by atoms with van der Waals surface area (Å²) >= 11 is 0. The van der Waals surface area contributed by atoms with E-state index < -0.39 is 28.0 Å². The van der Waals surface area contributed by atoms with Crippen LogP contribution in [0.25, 0.3) is 0 Å². The topological polar surface area (TPSA) is 57.2 Å². The molecule has 0 aliphatic heterocycles. The van der Waals surface area contributed by atoms with Crippen LogP contribution in [0.15, 0.2) is 0 Å². The molecule has 0 aromatic carbocycles. The van der Waals surface area contributed by atoms with E-state index in [1.54, 1.807) is 0 Å². The van der Waals surface area contributed by atoms with Gasteiger partial charge in [0.15, 0.2) is 0 Å². The largest absolute Gasteiger partial charge is 1.00 e. The molecular weight excluding hydrogens is 218 g/mol. The molecule has 0 atom stereocenters. The third-order valence-electron chi connectivity index (χ3n) is 0.773. The van der Waals surface area contributed by atoms with Crippen molar-refractivity contribution in [1.29, 1.82) is 0 Å². The van der Waals surface area contributed by atoms with Gasteiger partial charge in [0.1, 0.15) is 15.9 Å². The van der Waals surface area contributed by atoms with Gasteiger partial charge in [-0.15, -0.1) is 0 Å². The van der Waals surface area contributed by atoms with Gasteiger partial charge in [-0.2, -0.15) is 22.0 Å². The molecule has 0 heterocycles. The van der Waals surface area contributed by atoms with Crippen LogP contribution >= 0.6 is 0 Å². The van der Waals surface area contributed by atoms with Gasteiger partial charge in [-0.3, -0.25) is 0 Å². The predicted octanol–water partition coefficient (Wildman–Crippen LogP) is -2.27. The van der Waals surface area contributed by atoms with Gasteiger partial charge >= 0.3 is 31.0 Å². The number of rotatable bonds is 2. The maximum absolute atomic E-state index is 11.7. The number of hydrogen-bond donors (Lipinski definition) is 0. The first-order valence-electron chi connectivity index (χ1n) is 2.34. The summed E-state index contributed by atoms with van der Waals surface area (Å²) in [6.45, 7) is 0. The molecule has 0 aliphatic rings. The Kier molecular flexibility index (Phi) is 4.96. The fourth-order valence-corrected chi connectivity index (χ4v) is 0.912. The summed E-state index contributed by atoms with van der Waals surface area (Å²) in [7, 11) is -5.58. The molecule has 74 valence electrons. The van der Waals surface area contributed by atoms with Crippen LogP contribution in [0.4, 0.5) is 22.0 Å². The average molecular weight is 220 g/mol. The van der Waals surface area contributed by atoms with Crippen molar-refractivity contribution in [2.24, 2.45) is 0 Å². The van der Waals surface area contributed by atoms with Gasteiger partial charge < -0.3 is 4.55 Å². The van der Waals surface area contributed by atoms with Gasteiger partial charge in [-0.05, 0) is 0 Å². The van der Waals surface area contributed by atoms with Crippen LogP contribution in [-0.2, 0) is 10.1 Å². The molecule has 0 aromatic heterocycles. The maximum Gasteiger partial charge on any atom is 1.00 e. The van der Waals surface area contributed by atoms with Gasteiger partial charge in [-0.25, -0.2) is 8.42 Å². The third-order valence-corrected chi connectivity index (χ3v) is 1.49. The molecule has 0 aliphatic carbocycles. The van der Waals surface area contributed by atoms with Crippen LogP contribution in [0.1, 0.15) is 0 Å². The molecule has 3 nitrogen and oxygen atoms in total. The molecule has 0 radical (unpaired) electrons. The Morgan fingerprint density at radius 1 is 1.08 bits per heavy atom. The Hall–Kier alpha value is 0.157. The quantitative estimate of drug-likeness (QED) is 0.299. The molecule has 10 heteroatoms. The van der Waals surface area contributed by atoms with Crippen molar-refractivity contribution in [3.8, 4) is 0 Å². The van der Waals surface area contributed by atoms with E-state index in [0.29, 0.717) is 0 Å². The Morgan fingerprint density at radius 3 is 1.46 bits per heavy atom. The maximum atomic E-state index is 11.7. The minimum atomic E-state index is -6.01. The average Bonchev–Trinajstić information content (AvgIpc) is 1.52. The first-order valence-corrected chi connectivity index (χ1v) is 3.91. The molecule has 0 saturated heterocycles. The molecule has 0 rings (SSSR count). The van der Waals surface area contributed by atoms with Crippen molar-refractivity contribution in [3.63, 3.8) is 0 Å². The minimum absolute atomic E-state index is 0. The van der Waals surface area contributed by atoms with E-state index in [9.17, 15) is 34.9 Å². The van der Waals surface area contributed by atoms with E-state index in [-0.39, 0.29) is 18.9 Å². The molecule has 0 amide bonds. The minimum Gasteiger partial charge on any atom is -0.748 e. The van der Waals surface area contributed by atoms with Gasteiger partial charge in [0.2, 0.25) is 0 Å². The molecule has 0 spiro atoms. The summed E-state index contributed by atoms with van der Waals surface area (Å²) in [6, 6.07) is 0. The smallest absolute Gasteiger partial charge is 0.748 e. The number of alkyl halides is 5. The summed E-state index contributed by atoms with van der Waals surface area (Å²) in [5, 5.41) is 0. The number of halogens is 5. The second-order valence-corrected chi connectivity index (χ2v) is 3.31. The molecule has 13 heavy (non-hydrogen) atoms. The Balaban J connectivity index is 0. The molecule has 0 bridgehead atoms. The zero-order valence-electron chi connectivity index (χ0n) is 6.23. The van der Waals surface area contributed by atoms with Crippen molar-refractivity contribution >= 4 is 10.1 Å². The van der Waals surface area contributed by atoms with Gasteiger partial charge in [0.25, 0.3) is 0 Å². The van der Waals surface area contributed by atoms with Crippen LogP contribution in [0.3, 0.4) is 0 Å². The van der Waals surface area contributed by atoms with Gasteiger partial charge in [0, 0.05) is 0 Å². The summed E-state index contributed by atoms with van der Waals surface area (Å²) in [4.78, 5) is 0. The summed E-state index contributed by atoms with van der Waals surface area (Å²) in [5.74, 6) is -8.24. The SMILES string of the molecule is O=S(=O)([O-])CC(F)(F)C(F)(F)F.[Li+]. The van der Waals surface area contributed by atoms with E-state index in [1.165, 1.54) is 0 Å². The van der Waals surface area contributed by atoms with Crippen molar-refractivity contribution < 1.29 is 53.8 Å².